The van der Waals surface area contributed by atoms with Crippen LogP contribution in [-0.4, -0.2) is 4.98 Å². The molecule has 0 aliphatic heterocycles. The Morgan fingerprint density at radius 3 is 2.00 bits per heavy atom. The van der Waals surface area contributed by atoms with Gasteiger partial charge >= 0.3 is 0 Å². The Labute approximate surface area is 170 Å². The third-order valence-corrected chi connectivity index (χ3v) is 3.89. The van der Waals surface area contributed by atoms with Gasteiger partial charge in [-0.05, 0) is 62.1 Å². The van der Waals surface area contributed by atoms with Crippen molar-refractivity contribution in [2.75, 3.05) is 11.1 Å². The van der Waals surface area contributed by atoms with Gasteiger partial charge in [-0.15, -0.1) is 12.3 Å². The lowest BCUT2D eigenvalue weighted by Crippen LogP contribution is -1.99. The third kappa shape index (κ3) is 8.91. The fourth-order valence-corrected chi connectivity index (χ4v) is 2.38. The molecule has 3 nitrogen and oxygen atoms in total. The van der Waals surface area contributed by atoms with Crippen LogP contribution in [0.15, 0.2) is 66.7 Å². The minimum absolute atomic E-state index is 0.555. The molecule has 0 bridgehead atoms. The van der Waals surface area contributed by atoms with E-state index in [0.717, 1.165) is 24.3 Å². The van der Waals surface area contributed by atoms with Crippen molar-refractivity contribution in [1.82, 2.24) is 4.98 Å². The van der Waals surface area contributed by atoms with E-state index in [-0.39, 0.29) is 0 Å². The maximum absolute atomic E-state index is 5.76. The van der Waals surface area contributed by atoms with Gasteiger partial charge in [0.2, 0.25) is 0 Å². The van der Waals surface area contributed by atoms with Gasteiger partial charge in [-0.25, -0.2) is 4.98 Å². The maximum atomic E-state index is 5.76. The Morgan fingerprint density at radius 2 is 1.50 bits per heavy atom. The zero-order chi connectivity index (χ0) is 20.8. The van der Waals surface area contributed by atoms with Gasteiger partial charge in [0.15, 0.2) is 0 Å². The molecular formula is C25H31N3. The van der Waals surface area contributed by atoms with Crippen LogP contribution in [0, 0.1) is 19.3 Å². The molecule has 0 unspecified atom stereocenters. The van der Waals surface area contributed by atoms with Crippen molar-refractivity contribution in [1.29, 1.82) is 0 Å². The van der Waals surface area contributed by atoms with Crippen molar-refractivity contribution >= 4 is 17.3 Å². The first-order valence-corrected chi connectivity index (χ1v) is 9.53. The van der Waals surface area contributed by atoms with E-state index in [1.807, 2.05) is 30.3 Å². The Kier molecular flexibility index (Phi) is 10.6. The Morgan fingerprint density at radius 1 is 0.929 bits per heavy atom. The first-order chi connectivity index (χ1) is 13.5. The molecule has 0 aliphatic rings. The Balaban J connectivity index is 0.000000296. The van der Waals surface area contributed by atoms with Crippen molar-refractivity contribution in [3.63, 3.8) is 0 Å². The molecule has 0 fully saturated rings. The summed E-state index contributed by atoms with van der Waals surface area (Å²) < 4.78 is 0. The van der Waals surface area contributed by atoms with E-state index in [4.69, 9.17) is 5.73 Å². The SMILES string of the molecule is C#CC.CCc1cc(N)nc(Nc2ccc(C)cc2)c1.CCc1ccccc1. The summed E-state index contributed by atoms with van der Waals surface area (Å²) in [5.41, 5.74) is 10.6. The lowest BCUT2D eigenvalue weighted by molar-refractivity contribution is 1.12. The van der Waals surface area contributed by atoms with Crippen LogP contribution in [-0.2, 0) is 12.8 Å². The van der Waals surface area contributed by atoms with E-state index in [1.54, 1.807) is 6.92 Å². The number of anilines is 3. The number of benzene rings is 2. The normalized spacial score (nSPS) is 9.11. The van der Waals surface area contributed by atoms with Crippen LogP contribution >= 0.6 is 0 Å². The summed E-state index contributed by atoms with van der Waals surface area (Å²) in [6.45, 7) is 7.98. The quantitative estimate of drug-likeness (QED) is 0.538. The molecule has 0 aliphatic carbocycles. The van der Waals surface area contributed by atoms with Gasteiger partial charge in [0.25, 0.3) is 0 Å². The number of nitrogens with zero attached hydrogens (tertiary/aromatic N) is 1. The highest BCUT2D eigenvalue weighted by Crippen LogP contribution is 2.18. The predicted octanol–water partition coefficient (Wildman–Crippen LogP) is 6.17. The van der Waals surface area contributed by atoms with Crippen LogP contribution in [0.4, 0.5) is 17.3 Å². The molecule has 0 saturated carbocycles. The number of nitrogens with two attached hydrogens (primary N) is 1. The average molecular weight is 374 g/mol. The van der Waals surface area contributed by atoms with Gasteiger partial charge < -0.3 is 11.1 Å². The second-order valence-corrected chi connectivity index (χ2v) is 6.26. The molecule has 3 heteroatoms. The van der Waals surface area contributed by atoms with Crippen molar-refractivity contribution in [3.05, 3.63) is 83.4 Å². The fourth-order valence-electron chi connectivity index (χ4n) is 2.38. The summed E-state index contributed by atoms with van der Waals surface area (Å²) in [5.74, 6) is 3.60. The van der Waals surface area contributed by atoms with Crippen molar-refractivity contribution < 1.29 is 0 Å². The summed E-state index contributed by atoms with van der Waals surface area (Å²) in [6, 6.07) is 22.6. The van der Waals surface area contributed by atoms with Crippen LogP contribution in [0.3, 0.4) is 0 Å². The monoisotopic (exact) mass is 373 g/mol. The predicted molar refractivity (Wildman–Crippen MR) is 123 cm³/mol. The molecule has 1 heterocycles. The first-order valence-electron chi connectivity index (χ1n) is 9.53. The highest BCUT2D eigenvalue weighted by atomic mass is 15.0. The lowest BCUT2D eigenvalue weighted by atomic mass is 10.2. The molecule has 28 heavy (non-hydrogen) atoms. The van der Waals surface area contributed by atoms with E-state index in [9.17, 15) is 0 Å². The smallest absolute Gasteiger partial charge is 0.133 e. The summed E-state index contributed by atoms with van der Waals surface area (Å²) in [7, 11) is 0. The van der Waals surface area contributed by atoms with E-state index in [0.29, 0.717) is 5.82 Å². The number of rotatable bonds is 4. The first kappa shape index (κ1) is 22.8. The molecule has 0 amide bonds. The number of nitrogen functional groups attached to an aromatic ring is 1. The van der Waals surface area contributed by atoms with Gasteiger partial charge in [0.05, 0.1) is 0 Å². The van der Waals surface area contributed by atoms with Gasteiger partial charge in [0, 0.05) is 5.69 Å². The van der Waals surface area contributed by atoms with Crippen molar-refractivity contribution in [2.45, 2.75) is 40.5 Å². The molecular weight excluding hydrogens is 342 g/mol. The van der Waals surface area contributed by atoms with E-state index in [1.165, 1.54) is 16.7 Å². The second kappa shape index (κ2) is 13.0. The van der Waals surface area contributed by atoms with E-state index >= 15 is 0 Å². The van der Waals surface area contributed by atoms with Crippen molar-refractivity contribution in [3.8, 4) is 12.3 Å². The van der Waals surface area contributed by atoms with Crippen LogP contribution in [0.2, 0.25) is 0 Å². The largest absolute Gasteiger partial charge is 0.384 e. The van der Waals surface area contributed by atoms with Crippen LogP contribution in [0.5, 0.6) is 0 Å². The zero-order valence-corrected chi connectivity index (χ0v) is 17.4. The topological polar surface area (TPSA) is 50.9 Å². The van der Waals surface area contributed by atoms with E-state index in [2.05, 4.69) is 79.8 Å². The molecule has 3 N–H and O–H groups in total. The van der Waals surface area contributed by atoms with Gasteiger partial charge in [-0.1, -0.05) is 61.9 Å². The van der Waals surface area contributed by atoms with Crippen LogP contribution in [0.25, 0.3) is 0 Å². The van der Waals surface area contributed by atoms with Crippen molar-refractivity contribution in [2.24, 2.45) is 0 Å². The third-order valence-electron chi connectivity index (χ3n) is 3.89. The zero-order valence-electron chi connectivity index (χ0n) is 17.4. The standard InChI is InChI=1S/C14H17N3.C8H10.C3H4/c1-3-11-8-13(15)17-14(9-11)16-12-6-4-10(2)5-7-12;1-2-8-6-4-3-5-7-8;1-3-2/h4-9H,3H2,1-2H3,(H3,15,16,17);3-7H,2H2,1H3;1H,2H3. The minimum Gasteiger partial charge on any atom is -0.384 e. The molecule has 3 aromatic rings. The summed E-state index contributed by atoms with van der Waals surface area (Å²) in [6.07, 6.45) is 6.69. The Hall–Kier alpha value is -3.25. The number of nitrogens with one attached hydrogen (secondary N) is 1. The molecule has 0 atom stereocenters. The minimum atomic E-state index is 0.555. The molecule has 0 radical (unpaired) electrons. The van der Waals surface area contributed by atoms with Crippen LogP contribution < -0.4 is 11.1 Å². The summed E-state index contributed by atoms with van der Waals surface area (Å²) in [4.78, 5) is 4.27. The molecule has 1 aromatic heterocycles. The number of pyridine rings is 1. The van der Waals surface area contributed by atoms with Gasteiger partial charge in [0.1, 0.15) is 11.6 Å². The van der Waals surface area contributed by atoms with Gasteiger partial charge in [-0.3, -0.25) is 0 Å². The molecule has 0 spiro atoms. The van der Waals surface area contributed by atoms with Gasteiger partial charge in [-0.2, -0.15) is 0 Å². The highest BCUT2D eigenvalue weighted by Gasteiger charge is 2.00. The van der Waals surface area contributed by atoms with Crippen LogP contribution in [0.1, 0.15) is 37.5 Å². The number of terminal acetylenes is 1. The van der Waals surface area contributed by atoms with E-state index < -0.39 is 0 Å². The Bertz CT molecular complexity index is 847. The molecule has 2 aromatic carbocycles. The molecule has 0 saturated heterocycles. The average Bonchev–Trinajstić information content (AvgIpc) is 2.71. The lowest BCUT2D eigenvalue weighted by Gasteiger charge is -2.08. The molecule has 3 rings (SSSR count). The maximum Gasteiger partial charge on any atom is 0.133 e. The number of hydrogen-bond donors (Lipinski definition) is 2. The fraction of sp³-hybridized carbons (Fsp3) is 0.240. The number of aromatic nitrogens is 1. The summed E-state index contributed by atoms with van der Waals surface area (Å²) in [5, 5.41) is 3.26. The highest BCUT2D eigenvalue weighted by molar-refractivity contribution is 5.59. The number of aryl methyl sites for hydroxylation is 3. The summed E-state index contributed by atoms with van der Waals surface area (Å²) >= 11 is 0. The molecule has 146 valence electrons. The second-order valence-electron chi connectivity index (χ2n) is 6.26. The number of hydrogen-bond acceptors (Lipinski definition) is 3.